The molecule has 0 aliphatic rings. The first-order valence-corrected chi connectivity index (χ1v) is 6.30. The normalized spacial score (nSPS) is 10.6. The third-order valence-electron chi connectivity index (χ3n) is 2.27. The van der Waals surface area contributed by atoms with Gasteiger partial charge in [-0.1, -0.05) is 23.2 Å². The zero-order chi connectivity index (χ0) is 13.3. The van der Waals surface area contributed by atoms with E-state index in [1.165, 1.54) is 6.07 Å². The van der Waals surface area contributed by atoms with E-state index in [0.717, 1.165) is 10.7 Å². The van der Waals surface area contributed by atoms with Gasteiger partial charge in [0.1, 0.15) is 11.4 Å². The minimum Gasteiger partial charge on any atom is -0.506 e. The molecule has 0 aliphatic heterocycles. The molecule has 94 valence electrons. The molecular weight excluding hydrogens is 295 g/mol. The van der Waals surface area contributed by atoms with Crippen LogP contribution in [0.15, 0.2) is 29.1 Å². The number of nitrogens with zero attached hydrogens (tertiary/aromatic N) is 2. The topological polar surface area (TPSA) is 55.1 Å². The molecule has 1 N–H and O–H groups in total. The highest BCUT2D eigenvalue weighted by Crippen LogP contribution is 2.23. The van der Waals surface area contributed by atoms with Gasteiger partial charge < -0.3 is 5.11 Å². The highest BCUT2D eigenvalue weighted by atomic mass is 35.5. The first kappa shape index (κ1) is 13.3. The Kier molecular flexibility index (Phi) is 3.85. The van der Waals surface area contributed by atoms with Gasteiger partial charge in [0.05, 0.1) is 10.7 Å². The van der Waals surface area contributed by atoms with Crippen molar-refractivity contribution in [2.24, 2.45) is 0 Å². The van der Waals surface area contributed by atoms with Gasteiger partial charge >= 0.3 is 0 Å². The van der Waals surface area contributed by atoms with Crippen LogP contribution in [0.1, 0.15) is 5.69 Å². The van der Waals surface area contributed by atoms with Crippen molar-refractivity contribution in [2.75, 3.05) is 0 Å². The van der Waals surface area contributed by atoms with Crippen LogP contribution < -0.4 is 5.56 Å². The lowest BCUT2D eigenvalue weighted by atomic mass is 10.3. The highest BCUT2D eigenvalue weighted by Gasteiger charge is 2.11. The summed E-state index contributed by atoms with van der Waals surface area (Å²) in [5, 5.41) is 14.3. The molecule has 2 aromatic rings. The van der Waals surface area contributed by atoms with Gasteiger partial charge in [-0.05, 0) is 18.2 Å². The van der Waals surface area contributed by atoms with E-state index < -0.39 is 5.56 Å². The standard InChI is InChI=1S/C11H8Cl2N2O2S/c12-6-1-2-9(7(13)3-6)15-11(17)4-10(16)8(5-18)14-15/h1-4,16,18H,5H2. The van der Waals surface area contributed by atoms with E-state index in [0.29, 0.717) is 21.4 Å². The van der Waals surface area contributed by atoms with Crippen molar-refractivity contribution in [1.29, 1.82) is 0 Å². The maximum absolute atomic E-state index is 11.8. The Morgan fingerprint density at radius 1 is 1.33 bits per heavy atom. The Morgan fingerprint density at radius 3 is 2.67 bits per heavy atom. The van der Waals surface area contributed by atoms with Crippen LogP contribution >= 0.6 is 35.8 Å². The summed E-state index contributed by atoms with van der Waals surface area (Å²) >= 11 is 15.8. The van der Waals surface area contributed by atoms with Crippen LogP contribution in [0.2, 0.25) is 10.0 Å². The van der Waals surface area contributed by atoms with Crippen molar-refractivity contribution in [2.45, 2.75) is 5.75 Å². The average Bonchev–Trinajstić information content (AvgIpc) is 2.30. The van der Waals surface area contributed by atoms with Crippen molar-refractivity contribution in [3.8, 4) is 11.4 Å². The SMILES string of the molecule is O=c1cc(O)c(CS)nn1-c1ccc(Cl)cc1Cl. The summed E-state index contributed by atoms with van der Waals surface area (Å²) in [6.45, 7) is 0. The van der Waals surface area contributed by atoms with Gasteiger partial charge in [0, 0.05) is 16.8 Å². The molecule has 0 saturated carbocycles. The zero-order valence-electron chi connectivity index (χ0n) is 8.97. The maximum Gasteiger partial charge on any atom is 0.275 e. The molecule has 1 aromatic carbocycles. The Morgan fingerprint density at radius 2 is 2.06 bits per heavy atom. The second kappa shape index (κ2) is 5.22. The molecular formula is C11H8Cl2N2O2S. The fraction of sp³-hybridized carbons (Fsp3) is 0.0909. The maximum atomic E-state index is 11.8. The lowest BCUT2D eigenvalue weighted by molar-refractivity contribution is 0.460. The largest absolute Gasteiger partial charge is 0.506 e. The molecule has 0 fully saturated rings. The molecule has 18 heavy (non-hydrogen) atoms. The predicted molar refractivity (Wildman–Crippen MR) is 74.2 cm³/mol. The summed E-state index contributed by atoms with van der Waals surface area (Å²) in [6, 6.07) is 5.77. The summed E-state index contributed by atoms with van der Waals surface area (Å²) in [4.78, 5) is 11.8. The Bertz CT molecular complexity index is 658. The van der Waals surface area contributed by atoms with E-state index in [1.807, 2.05) is 0 Å². The minimum atomic E-state index is -0.484. The van der Waals surface area contributed by atoms with Crippen molar-refractivity contribution < 1.29 is 5.11 Å². The van der Waals surface area contributed by atoms with Crippen molar-refractivity contribution in [3.63, 3.8) is 0 Å². The molecule has 0 amide bonds. The molecule has 7 heteroatoms. The molecule has 1 heterocycles. The fourth-order valence-electron chi connectivity index (χ4n) is 1.42. The molecule has 0 saturated heterocycles. The lowest BCUT2D eigenvalue weighted by Crippen LogP contribution is -2.21. The van der Waals surface area contributed by atoms with Crippen LogP contribution in [0.25, 0.3) is 5.69 Å². The van der Waals surface area contributed by atoms with Gasteiger partial charge in [-0.3, -0.25) is 4.79 Å². The second-order valence-corrected chi connectivity index (χ2v) is 4.64. The summed E-state index contributed by atoms with van der Waals surface area (Å²) in [7, 11) is 0. The number of thiol groups is 1. The predicted octanol–water partition coefficient (Wildman–Crippen LogP) is 2.67. The minimum absolute atomic E-state index is 0.184. The summed E-state index contributed by atoms with van der Waals surface area (Å²) in [5.41, 5.74) is 0.209. The summed E-state index contributed by atoms with van der Waals surface area (Å²) < 4.78 is 1.10. The molecule has 1 aromatic heterocycles. The molecule has 4 nitrogen and oxygen atoms in total. The van der Waals surface area contributed by atoms with Crippen LogP contribution in [0.4, 0.5) is 0 Å². The average molecular weight is 303 g/mol. The highest BCUT2D eigenvalue weighted by molar-refractivity contribution is 7.79. The molecule has 0 unspecified atom stereocenters. The van der Waals surface area contributed by atoms with Crippen LogP contribution in [0.5, 0.6) is 5.75 Å². The molecule has 0 aliphatic carbocycles. The zero-order valence-corrected chi connectivity index (χ0v) is 11.4. The Labute approximate surface area is 118 Å². The lowest BCUT2D eigenvalue weighted by Gasteiger charge is -2.09. The van der Waals surface area contributed by atoms with Gasteiger partial charge in [0.25, 0.3) is 5.56 Å². The number of hydrogen-bond donors (Lipinski definition) is 2. The third-order valence-corrected chi connectivity index (χ3v) is 3.11. The van der Waals surface area contributed by atoms with E-state index in [9.17, 15) is 9.90 Å². The number of benzene rings is 1. The fourth-order valence-corrected chi connectivity index (χ4v) is 2.13. The smallest absolute Gasteiger partial charge is 0.275 e. The van der Waals surface area contributed by atoms with Crippen molar-refractivity contribution >= 4 is 35.8 Å². The second-order valence-electron chi connectivity index (χ2n) is 3.48. The first-order valence-electron chi connectivity index (χ1n) is 4.91. The van der Waals surface area contributed by atoms with Gasteiger partial charge in [0.2, 0.25) is 0 Å². The molecule has 0 spiro atoms. The van der Waals surface area contributed by atoms with Crippen LogP contribution in [-0.4, -0.2) is 14.9 Å². The monoisotopic (exact) mass is 302 g/mol. The van der Waals surface area contributed by atoms with Crippen molar-refractivity contribution in [1.82, 2.24) is 9.78 Å². The van der Waals surface area contributed by atoms with Gasteiger partial charge in [0.15, 0.2) is 0 Å². The van der Waals surface area contributed by atoms with E-state index in [-0.39, 0.29) is 11.5 Å². The van der Waals surface area contributed by atoms with E-state index in [2.05, 4.69) is 17.7 Å². The molecule has 0 radical (unpaired) electrons. The summed E-state index contributed by atoms with van der Waals surface area (Å²) in [5.74, 6) is 0.0217. The number of rotatable bonds is 2. The van der Waals surface area contributed by atoms with Gasteiger partial charge in [-0.25, -0.2) is 0 Å². The van der Waals surface area contributed by atoms with Gasteiger partial charge in [-0.15, -0.1) is 0 Å². The van der Waals surface area contributed by atoms with Crippen LogP contribution in [0, 0.1) is 0 Å². The van der Waals surface area contributed by atoms with Gasteiger partial charge in [-0.2, -0.15) is 22.4 Å². The first-order chi connectivity index (χ1) is 8.52. The van der Waals surface area contributed by atoms with E-state index in [1.54, 1.807) is 12.1 Å². The van der Waals surface area contributed by atoms with Crippen LogP contribution in [0.3, 0.4) is 0 Å². The van der Waals surface area contributed by atoms with Crippen LogP contribution in [-0.2, 0) is 5.75 Å². The quantitative estimate of drug-likeness (QED) is 0.839. The van der Waals surface area contributed by atoms with Crippen molar-refractivity contribution in [3.05, 3.63) is 50.4 Å². The number of aromatic hydroxyl groups is 1. The summed E-state index contributed by atoms with van der Waals surface area (Å²) in [6.07, 6.45) is 0. The van der Waals surface area contributed by atoms with E-state index in [4.69, 9.17) is 23.2 Å². The molecule has 0 bridgehead atoms. The third kappa shape index (κ3) is 2.48. The number of halogens is 2. The van der Waals surface area contributed by atoms with E-state index >= 15 is 0 Å². The Balaban J connectivity index is 2.67. The molecule has 0 atom stereocenters. The Hall–Kier alpha value is -1.17. The molecule has 2 rings (SSSR count). The number of aromatic nitrogens is 2. The number of hydrogen-bond acceptors (Lipinski definition) is 4.